The number of hydrogen-bond acceptors (Lipinski definition) is 7. The van der Waals surface area contributed by atoms with E-state index in [0.717, 1.165) is 27.6 Å². The zero-order valence-corrected chi connectivity index (χ0v) is 18.6. The van der Waals surface area contributed by atoms with Crippen molar-refractivity contribution >= 4 is 45.1 Å². The van der Waals surface area contributed by atoms with Gasteiger partial charge in [-0.25, -0.2) is 9.66 Å². The molecule has 0 bridgehead atoms. The first-order chi connectivity index (χ1) is 14.9. The number of amides is 2. The molecule has 1 saturated heterocycles. The maximum atomic E-state index is 13.0. The van der Waals surface area contributed by atoms with Crippen molar-refractivity contribution in [3.63, 3.8) is 0 Å². The molecule has 1 aromatic carbocycles. The third-order valence-electron chi connectivity index (χ3n) is 5.53. The fourth-order valence-electron chi connectivity index (χ4n) is 3.75. The predicted molar refractivity (Wildman–Crippen MR) is 123 cm³/mol. The number of nitrogens with zero attached hydrogens (tertiary/aromatic N) is 3. The summed E-state index contributed by atoms with van der Waals surface area (Å²) in [4.78, 5) is 44.1. The number of benzene rings is 1. The lowest BCUT2D eigenvalue weighted by molar-refractivity contribution is -0.134. The summed E-state index contributed by atoms with van der Waals surface area (Å²) >= 11 is 2.54. The van der Waals surface area contributed by atoms with E-state index in [-0.39, 0.29) is 23.3 Å². The molecule has 0 radical (unpaired) electrons. The Kier molecular flexibility index (Phi) is 6.01. The Labute approximate surface area is 187 Å². The first-order valence-electron chi connectivity index (χ1n) is 9.96. The number of nitrogen functional groups attached to an aromatic ring is 1. The molecule has 4 N–H and O–H groups in total. The molecule has 2 amide bonds. The number of hydrogen-bond donors (Lipinski definition) is 2. The molecule has 1 atom stereocenters. The third-order valence-corrected chi connectivity index (χ3v) is 7.46. The van der Waals surface area contributed by atoms with Gasteiger partial charge in [-0.3, -0.25) is 14.4 Å². The Balaban J connectivity index is 1.55. The molecule has 0 saturated carbocycles. The average Bonchev–Trinajstić information content (AvgIpc) is 3.21. The van der Waals surface area contributed by atoms with Crippen LogP contribution >= 0.6 is 23.1 Å². The topological polar surface area (TPSA) is 124 Å². The van der Waals surface area contributed by atoms with Gasteiger partial charge in [0, 0.05) is 30.0 Å². The van der Waals surface area contributed by atoms with Crippen LogP contribution in [0.1, 0.15) is 19.8 Å². The second-order valence-electron chi connectivity index (χ2n) is 7.53. The highest BCUT2D eigenvalue weighted by Gasteiger charge is 2.29. The van der Waals surface area contributed by atoms with E-state index < -0.39 is 5.25 Å². The van der Waals surface area contributed by atoms with Crippen LogP contribution in [0.15, 0.2) is 45.7 Å². The van der Waals surface area contributed by atoms with Crippen LogP contribution in [0.3, 0.4) is 0 Å². The number of nitrogens with two attached hydrogens (primary N) is 2. The second kappa shape index (κ2) is 8.72. The van der Waals surface area contributed by atoms with Crippen LogP contribution in [0.25, 0.3) is 21.3 Å². The van der Waals surface area contributed by atoms with Gasteiger partial charge in [0.2, 0.25) is 11.8 Å². The van der Waals surface area contributed by atoms with Crippen molar-refractivity contribution in [2.45, 2.75) is 30.2 Å². The van der Waals surface area contributed by atoms with E-state index in [0.29, 0.717) is 41.3 Å². The molecule has 0 spiro atoms. The van der Waals surface area contributed by atoms with Gasteiger partial charge in [-0.2, -0.15) is 0 Å². The molecule has 2 aromatic heterocycles. The SMILES string of the molecule is CC(Sc1nc2scc(-c3ccccc3)c2c(=O)n1N)C(=O)N1CCC(C(N)=O)CC1. The number of thioether (sulfide) groups is 1. The minimum Gasteiger partial charge on any atom is -0.369 e. The van der Waals surface area contributed by atoms with Gasteiger partial charge in [-0.05, 0) is 25.3 Å². The number of carbonyl (C=O) groups is 2. The van der Waals surface area contributed by atoms with Crippen LogP contribution in [0.4, 0.5) is 0 Å². The molecule has 4 rings (SSSR count). The molecule has 3 aromatic rings. The summed E-state index contributed by atoms with van der Waals surface area (Å²) < 4.78 is 1.02. The number of aromatic nitrogens is 2. The Morgan fingerprint density at radius 3 is 2.55 bits per heavy atom. The van der Waals surface area contributed by atoms with Crippen LogP contribution in [0.2, 0.25) is 0 Å². The molecule has 31 heavy (non-hydrogen) atoms. The molecule has 10 heteroatoms. The number of carbonyl (C=O) groups excluding carboxylic acids is 2. The second-order valence-corrected chi connectivity index (χ2v) is 9.69. The van der Waals surface area contributed by atoms with Gasteiger partial charge >= 0.3 is 0 Å². The monoisotopic (exact) mass is 457 g/mol. The van der Waals surface area contributed by atoms with Crippen molar-refractivity contribution in [1.29, 1.82) is 0 Å². The van der Waals surface area contributed by atoms with Gasteiger partial charge in [0.05, 0.1) is 10.6 Å². The molecule has 0 aliphatic carbocycles. The number of rotatable bonds is 5. The van der Waals surface area contributed by atoms with Gasteiger partial charge in [0.15, 0.2) is 5.16 Å². The first kappa shape index (κ1) is 21.4. The average molecular weight is 458 g/mol. The van der Waals surface area contributed by atoms with Crippen molar-refractivity contribution in [1.82, 2.24) is 14.6 Å². The number of primary amides is 1. The summed E-state index contributed by atoms with van der Waals surface area (Å²) in [5.41, 5.74) is 6.76. The predicted octanol–water partition coefficient (Wildman–Crippen LogP) is 2.04. The van der Waals surface area contributed by atoms with E-state index in [1.165, 1.54) is 11.3 Å². The summed E-state index contributed by atoms with van der Waals surface area (Å²) in [5.74, 6) is 5.52. The Bertz CT molecular complexity index is 1180. The quantitative estimate of drug-likeness (QED) is 0.343. The van der Waals surface area contributed by atoms with Crippen molar-refractivity contribution in [3.8, 4) is 11.1 Å². The zero-order valence-electron chi connectivity index (χ0n) is 17.0. The summed E-state index contributed by atoms with van der Waals surface area (Å²) in [6, 6.07) is 9.62. The smallest absolute Gasteiger partial charge is 0.282 e. The van der Waals surface area contributed by atoms with E-state index in [1.807, 2.05) is 35.7 Å². The first-order valence-corrected chi connectivity index (χ1v) is 11.7. The van der Waals surface area contributed by atoms with Gasteiger partial charge in [0.1, 0.15) is 4.83 Å². The lowest BCUT2D eigenvalue weighted by Crippen LogP contribution is -2.44. The van der Waals surface area contributed by atoms with Crippen LogP contribution < -0.4 is 17.1 Å². The minimum atomic E-state index is -0.474. The summed E-state index contributed by atoms with van der Waals surface area (Å²) in [6.45, 7) is 2.75. The lowest BCUT2D eigenvalue weighted by Gasteiger charge is -2.32. The van der Waals surface area contributed by atoms with Crippen LogP contribution in [-0.4, -0.2) is 44.7 Å². The number of thiophene rings is 1. The fraction of sp³-hybridized carbons (Fsp3) is 0.333. The highest BCUT2D eigenvalue weighted by Crippen LogP contribution is 2.32. The Hall–Kier alpha value is -2.85. The molecule has 3 heterocycles. The van der Waals surface area contributed by atoms with E-state index in [2.05, 4.69) is 4.98 Å². The number of likely N-dealkylation sites (tertiary alicyclic amines) is 1. The van der Waals surface area contributed by atoms with Crippen molar-refractivity contribution in [2.24, 2.45) is 11.7 Å². The maximum absolute atomic E-state index is 13.0. The molecule has 1 fully saturated rings. The summed E-state index contributed by atoms with van der Waals surface area (Å²) in [6.07, 6.45) is 1.14. The maximum Gasteiger partial charge on any atom is 0.282 e. The van der Waals surface area contributed by atoms with Crippen molar-refractivity contribution in [3.05, 3.63) is 46.1 Å². The van der Waals surface area contributed by atoms with Crippen LogP contribution in [0.5, 0.6) is 0 Å². The van der Waals surface area contributed by atoms with Crippen LogP contribution in [0, 0.1) is 5.92 Å². The normalized spacial score (nSPS) is 15.8. The standard InChI is InChI=1S/C21H23N5O3S2/c1-12(19(28)25-9-7-14(8-10-25)17(22)27)31-21-24-18-16(20(29)26(21)23)15(11-30-18)13-5-3-2-4-6-13/h2-6,11-12,14H,7-10,23H2,1H3,(H2,22,27). The van der Waals surface area contributed by atoms with E-state index in [4.69, 9.17) is 11.6 Å². The van der Waals surface area contributed by atoms with E-state index in [1.54, 1.807) is 11.8 Å². The van der Waals surface area contributed by atoms with Gasteiger partial charge in [0.25, 0.3) is 5.56 Å². The largest absolute Gasteiger partial charge is 0.369 e. The third kappa shape index (κ3) is 4.17. The highest BCUT2D eigenvalue weighted by molar-refractivity contribution is 8.00. The summed E-state index contributed by atoms with van der Waals surface area (Å²) in [5, 5.41) is 2.21. The Morgan fingerprint density at radius 2 is 1.90 bits per heavy atom. The molecule has 1 aliphatic heterocycles. The molecular weight excluding hydrogens is 434 g/mol. The summed E-state index contributed by atoms with van der Waals surface area (Å²) in [7, 11) is 0. The zero-order chi connectivity index (χ0) is 22.1. The highest BCUT2D eigenvalue weighted by atomic mass is 32.2. The van der Waals surface area contributed by atoms with Gasteiger partial charge < -0.3 is 16.5 Å². The van der Waals surface area contributed by atoms with Crippen molar-refractivity contribution < 1.29 is 9.59 Å². The van der Waals surface area contributed by atoms with E-state index >= 15 is 0 Å². The molecule has 1 unspecified atom stereocenters. The molecular formula is C21H23N5O3S2. The van der Waals surface area contributed by atoms with E-state index in [9.17, 15) is 14.4 Å². The minimum absolute atomic E-state index is 0.0709. The van der Waals surface area contributed by atoms with Gasteiger partial charge in [-0.15, -0.1) is 11.3 Å². The van der Waals surface area contributed by atoms with Gasteiger partial charge in [-0.1, -0.05) is 42.1 Å². The number of fused-ring (bicyclic) bond motifs is 1. The Morgan fingerprint density at radius 1 is 1.23 bits per heavy atom. The van der Waals surface area contributed by atoms with Crippen LogP contribution in [-0.2, 0) is 9.59 Å². The molecule has 1 aliphatic rings. The molecule has 162 valence electrons. The fourth-order valence-corrected chi connectivity index (χ4v) is 5.65. The molecule has 8 nitrogen and oxygen atoms in total. The number of piperidine rings is 1. The lowest BCUT2D eigenvalue weighted by atomic mass is 9.96. The van der Waals surface area contributed by atoms with Crippen molar-refractivity contribution in [2.75, 3.05) is 18.9 Å².